The van der Waals surface area contributed by atoms with Gasteiger partial charge in [0.25, 0.3) is 0 Å². The lowest BCUT2D eigenvalue weighted by Crippen LogP contribution is -2.30. The van der Waals surface area contributed by atoms with Crippen LogP contribution in [0.25, 0.3) is 6.08 Å². The highest BCUT2D eigenvalue weighted by Gasteiger charge is 2.03. The molecule has 98 valence electrons. The van der Waals surface area contributed by atoms with Gasteiger partial charge in [-0.1, -0.05) is 22.9 Å². The van der Waals surface area contributed by atoms with E-state index in [-0.39, 0.29) is 11.9 Å². The molecule has 0 aliphatic heterocycles. The number of ether oxygens (including phenoxy) is 1. The van der Waals surface area contributed by atoms with E-state index >= 15 is 0 Å². The van der Waals surface area contributed by atoms with Crippen LogP contribution in [0, 0.1) is 0 Å². The van der Waals surface area contributed by atoms with Gasteiger partial charge in [0.1, 0.15) is 5.75 Å². The van der Waals surface area contributed by atoms with Crippen LogP contribution in [0.15, 0.2) is 28.7 Å². The van der Waals surface area contributed by atoms with Crippen LogP contribution in [0.2, 0.25) is 0 Å². The average Bonchev–Trinajstić information content (AvgIpc) is 2.36. The second-order valence-corrected chi connectivity index (χ2v) is 4.95. The molecule has 4 heteroatoms. The first-order valence-corrected chi connectivity index (χ1v) is 6.68. The lowest BCUT2D eigenvalue weighted by Gasteiger charge is -2.09. The summed E-state index contributed by atoms with van der Waals surface area (Å²) in [5, 5.41) is 2.87. The van der Waals surface area contributed by atoms with Crippen molar-refractivity contribution in [3.05, 3.63) is 34.3 Å². The fourth-order valence-electron chi connectivity index (χ4n) is 1.39. The summed E-state index contributed by atoms with van der Waals surface area (Å²) in [6, 6.07) is 5.85. The third-order valence-electron chi connectivity index (χ3n) is 2.61. The normalized spacial score (nSPS) is 12.4. The average molecular weight is 312 g/mol. The summed E-state index contributed by atoms with van der Waals surface area (Å²) in [5.74, 6) is 0.650. The van der Waals surface area contributed by atoms with Crippen LogP contribution < -0.4 is 10.1 Å². The van der Waals surface area contributed by atoms with Crippen molar-refractivity contribution in [1.29, 1.82) is 0 Å². The van der Waals surface area contributed by atoms with E-state index in [1.807, 2.05) is 32.0 Å². The number of benzene rings is 1. The Hall–Kier alpha value is -1.29. The van der Waals surface area contributed by atoms with Gasteiger partial charge in [-0.15, -0.1) is 0 Å². The van der Waals surface area contributed by atoms with Gasteiger partial charge in [0, 0.05) is 22.2 Å². The minimum Gasteiger partial charge on any atom is -0.496 e. The van der Waals surface area contributed by atoms with Gasteiger partial charge < -0.3 is 10.1 Å². The number of hydrogen-bond acceptors (Lipinski definition) is 2. The number of hydrogen-bond donors (Lipinski definition) is 1. The molecular weight excluding hydrogens is 294 g/mol. The third kappa shape index (κ3) is 4.53. The number of rotatable bonds is 5. The molecular formula is C14H18BrNO2. The molecule has 0 bridgehead atoms. The van der Waals surface area contributed by atoms with Gasteiger partial charge in [-0.05, 0) is 37.6 Å². The number of methoxy groups -OCH3 is 1. The summed E-state index contributed by atoms with van der Waals surface area (Å²) in [5.41, 5.74) is 0.867. The number of carbonyl (C=O) groups is 1. The summed E-state index contributed by atoms with van der Waals surface area (Å²) >= 11 is 3.39. The number of halogens is 1. The topological polar surface area (TPSA) is 38.3 Å². The number of nitrogens with one attached hydrogen (secondary N) is 1. The van der Waals surface area contributed by atoms with E-state index in [0.717, 1.165) is 22.2 Å². The Labute approximate surface area is 116 Å². The van der Waals surface area contributed by atoms with Crippen LogP contribution in [0.1, 0.15) is 25.8 Å². The Morgan fingerprint density at radius 2 is 2.28 bits per heavy atom. The molecule has 1 atom stereocenters. The summed E-state index contributed by atoms with van der Waals surface area (Å²) < 4.78 is 6.18. The zero-order valence-electron chi connectivity index (χ0n) is 10.9. The van der Waals surface area contributed by atoms with Crippen molar-refractivity contribution in [2.45, 2.75) is 26.3 Å². The van der Waals surface area contributed by atoms with E-state index in [4.69, 9.17) is 4.74 Å². The molecule has 1 rings (SSSR count). The van der Waals surface area contributed by atoms with Crippen LogP contribution in [-0.4, -0.2) is 19.1 Å². The van der Waals surface area contributed by atoms with E-state index in [2.05, 4.69) is 21.2 Å². The van der Waals surface area contributed by atoms with Crippen LogP contribution in [0.3, 0.4) is 0 Å². The fourth-order valence-corrected chi connectivity index (χ4v) is 1.77. The van der Waals surface area contributed by atoms with Gasteiger partial charge in [0.05, 0.1) is 7.11 Å². The van der Waals surface area contributed by atoms with Gasteiger partial charge in [-0.3, -0.25) is 4.79 Å². The van der Waals surface area contributed by atoms with Crippen molar-refractivity contribution in [3.63, 3.8) is 0 Å². The third-order valence-corrected chi connectivity index (χ3v) is 3.10. The van der Waals surface area contributed by atoms with Crippen molar-refractivity contribution in [2.75, 3.05) is 7.11 Å². The quantitative estimate of drug-likeness (QED) is 0.847. The van der Waals surface area contributed by atoms with Gasteiger partial charge in [0.15, 0.2) is 0 Å². The molecule has 1 N–H and O–H groups in total. The van der Waals surface area contributed by atoms with E-state index in [1.165, 1.54) is 6.08 Å². The van der Waals surface area contributed by atoms with Crippen molar-refractivity contribution in [1.82, 2.24) is 5.32 Å². The monoisotopic (exact) mass is 311 g/mol. The SMILES string of the molecule is CC[C@H](C)NC(=O)/C=C/c1cc(Br)ccc1OC. The van der Waals surface area contributed by atoms with E-state index in [1.54, 1.807) is 13.2 Å². The Morgan fingerprint density at radius 1 is 1.56 bits per heavy atom. The Bertz CT molecular complexity index is 443. The predicted octanol–water partition coefficient (Wildman–Crippen LogP) is 3.39. The maximum Gasteiger partial charge on any atom is 0.244 e. The molecule has 3 nitrogen and oxygen atoms in total. The molecule has 0 radical (unpaired) electrons. The predicted molar refractivity (Wildman–Crippen MR) is 77.6 cm³/mol. The maximum absolute atomic E-state index is 11.6. The van der Waals surface area contributed by atoms with Crippen molar-refractivity contribution in [2.24, 2.45) is 0 Å². The van der Waals surface area contributed by atoms with Gasteiger partial charge >= 0.3 is 0 Å². The molecule has 1 aromatic carbocycles. The molecule has 1 amide bonds. The summed E-state index contributed by atoms with van der Waals surface area (Å²) in [7, 11) is 1.61. The minimum absolute atomic E-state index is 0.0913. The smallest absolute Gasteiger partial charge is 0.244 e. The van der Waals surface area contributed by atoms with Gasteiger partial charge in [0.2, 0.25) is 5.91 Å². The Morgan fingerprint density at radius 3 is 2.89 bits per heavy atom. The molecule has 0 aliphatic rings. The highest BCUT2D eigenvalue weighted by Crippen LogP contribution is 2.23. The van der Waals surface area contributed by atoms with Crippen LogP contribution >= 0.6 is 15.9 Å². The Balaban J connectivity index is 2.77. The van der Waals surface area contributed by atoms with Crippen LogP contribution in [0.5, 0.6) is 5.75 Å². The van der Waals surface area contributed by atoms with Crippen molar-refractivity contribution < 1.29 is 9.53 Å². The summed E-state index contributed by atoms with van der Waals surface area (Å²) in [4.78, 5) is 11.6. The highest BCUT2D eigenvalue weighted by molar-refractivity contribution is 9.10. The lowest BCUT2D eigenvalue weighted by atomic mass is 10.2. The fraction of sp³-hybridized carbons (Fsp3) is 0.357. The molecule has 18 heavy (non-hydrogen) atoms. The second kappa shape index (κ2) is 7.21. The molecule has 1 aromatic rings. The van der Waals surface area contributed by atoms with Crippen molar-refractivity contribution in [3.8, 4) is 5.75 Å². The van der Waals surface area contributed by atoms with Gasteiger partial charge in [-0.25, -0.2) is 0 Å². The highest BCUT2D eigenvalue weighted by atomic mass is 79.9. The summed E-state index contributed by atoms with van der Waals surface area (Å²) in [6.45, 7) is 4.01. The molecule has 0 spiro atoms. The molecule has 0 saturated heterocycles. The number of amides is 1. The second-order valence-electron chi connectivity index (χ2n) is 4.04. The van der Waals surface area contributed by atoms with Crippen molar-refractivity contribution >= 4 is 27.9 Å². The standard InChI is InChI=1S/C14H18BrNO2/c1-4-10(2)16-14(17)8-5-11-9-12(15)6-7-13(11)18-3/h5-10H,4H2,1-3H3,(H,16,17)/b8-5+/t10-/m0/s1. The zero-order valence-corrected chi connectivity index (χ0v) is 12.5. The molecule has 0 aromatic heterocycles. The molecule has 0 unspecified atom stereocenters. The molecule has 0 aliphatic carbocycles. The van der Waals surface area contributed by atoms with E-state index < -0.39 is 0 Å². The zero-order chi connectivity index (χ0) is 13.5. The lowest BCUT2D eigenvalue weighted by molar-refractivity contribution is -0.117. The maximum atomic E-state index is 11.6. The first kappa shape index (κ1) is 14.8. The molecule has 0 saturated carbocycles. The van der Waals surface area contributed by atoms with Gasteiger partial charge in [-0.2, -0.15) is 0 Å². The minimum atomic E-state index is -0.0913. The Kier molecular flexibility index (Phi) is 5.92. The van der Waals surface area contributed by atoms with E-state index in [9.17, 15) is 4.79 Å². The largest absolute Gasteiger partial charge is 0.496 e. The first-order valence-electron chi connectivity index (χ1n) is 5.89. The molecule has 0 fully saturated rings. The molecule has 0 heterocycles. The van der Waals surface area contributed by atoms with Crippen LogP contribution in [0.4, 0.5) is 0 Å². The van der Waals surface area contributed by atoms with Crippen LogP contribution in [-0.2, 0) is 4.79 Å². The first-order chi connectivity index (χ1) is 8.56. The number of carbonyl (C=O) groups excluding carboxylic acids is 1. The summed E-state index contributed by atoms with van der Waals surface area (Å²) in [6.07, 6.45) is 4.19. The van der Waals surface area contributed by atoms with E-state index in [0.29, 0.717) is 0 Å².